The molecule has 0 radical (unpaired) electrons. The molecule has 0 atom stereocenters. The first-order valence-electron chi connectivity index (χ1n) is 11.4. The van der Waals surface area contributed by atoms with Crippen molar-refractivity contribution >= 4 is 43.4 Å². The van der Waals surface area contributed by atoms with Crippen LogP contribution in [0.15, 0.2) is 42.6 Å². The first-order valence-corrected chi connectivity index (χ1v) is 12.7. The molecule has 4 rings (SSSR count). The molecule has 0 unspecified atom stereocenters. The quantitative estimate of drug-likeness (QED) is 0.115. The third-order valence-corrected chi connectivity index (χ3v) is 6.15. The first kappa shape index (κ1) is 27.8. The second-order valence-corrected chi connectivity index (χ2v) is 8.80. The van der Waals surface area contributed by atoms with Crippen molar-refractivity contribution in [3.63, 3.8) is 0 Å². The fourth-order valence-electron chi connectivity index (χ4n) is 4.08. The molecule has 0 saturated carbocycles. The lowest BCUT2D eigenvalue weighted by atomic mass is 10.0. The van der Waals surface area contributed by atoms with Gasteiger partial charge in [0.15, 0.2) is 34.9 Å². The van der Waals surface area contributed by atoms with Gasteiger partial charge < -0.3 is 27.7 Å². The van der Waals surface area contributed by atoms with E-state index in [9.17, 15) is 17.8 Å². The van der Waals surface area contributed by atoms with Gasteiger partial charge in [-0.2, -0.15) is 4.40 Å². The Bertz CT molecular complexity index is 1570. The van der Waals surface area contributed by atoms with Crippen molar-refractivity contribution in [3.05, 3.63) is 48.3 Å². The number of aromatic nitrogens is 1. The van der Waals surface area contributed by atoms with E-state index in [4.69, 9.17) is 18.9 Å². The zero-order valence-corrected chi connectivity index (χ0v) is 22.3. The van der Waals surface area contributed by atoms with Gasteiger partial charge in [-0.05, 0) is 35.0 Å². The molecule has 0 N–H and O–H groups in total. The Hall–Kier alpha value is -3.83. The van der Waals surface area contributed by atoms with E-state index in [1.54, 1.807) is 28.4 Å². The summed E-state index contributed by atoms with van der Waals surface area (Å²) in [5.41, 5.74) is 2.32. The number of benzene rings is 2. The monoisotopic (exact) mass is 531 g/mol. The predicted molar refractivity (Wildman–Crippen MR) is 136 cm³/mol. The van der Waals surface area contributed by atoms with Crippen LogP contribution in [0, 0.1) is 0 Å². The smallest absolute Gasteiger partial charge is 0.320 e. The van der Waals surface area contributed by atoms with E-state index in [0.29, 0.717) is 5.75 Å². The lowest BCUT2D eigenvalue weighted by Crippen LogP contribution is -2.27. The summed E-state index contributed by atoms with van der Waals surface area (Å²) in [6.07, 6.45) is 2.87. The third kappa shape index (κ3) is 5.95. The maximum atomic E-state index is 10.0. The summed E-state index contributed by atoms with van der Waals surface area (Å²) >= 11 is 0. The second-order valence-electron chi connectivity index (χ2n) is 7.82. The Morgan fingerprint density at radius 1 is 0.811 bits per heavy atom. The van der Waals surface area contributed by atoms with Gasteiger partial charge in [-0.25, -0.2) is 8.42 Å². The van der Waals surface area contributed by atoms with Crippen molar-refractivity contribution < 1.29 is 45.3 Å². The molecule has 2 aromatic heterocycles. The van der Waals surface area contributed by atoms with Crippen molar-refractivity contribution in [2.75, 3.05) is 28.4 Å². The molecule has 4 aromatic rings. The lowest BCUT2D eigenvalue weighted by molar-refractivity contribution is -0.518. The number of hydrogen-bond donors (Lipinski definition) is 0. The Morgan fingerprint density at radius 3 is 1.78 bits per heavy atom. The maximum Gasteiger partial charge on any atom is 0.320 e. The number of fused-ring (bicyclic) bond motifs is 4. The van der Waals surface area contributed by atoms with Crippen molar-refractivity contribution in [2.24, 2.45) is 0 Å². The molecule has 0 aliphatic carbocycles. The van der Waals surface area contributed by atoms with Crippen molar-refractivity contribution in [1.82, 2.24) is 0 Å². The number of methoxy groups -OCH3 is 4. The van der Waals surface area contributed by atoms with Crippen LogP contribution in [0.3, 0.4) is 0 Å². The summed E-state index contributed by atoms with van der Waals surface area (Å²) in [5, 5.41) is 4.46. The normalized spacial score (nSPS) is 11.1. The average Bonchev–Trinajstić information content (AvgIpc) is 2.89. The number of carbonyl (C=O) groups is 1. The number of carbonyl (C=O) groups excluding carboxylic acids is 1. The summed E-state index contributed by atoms with van der Waals surface area (Å²) in [6.45, 7) is 3.55. The van der Waals surface area contributed by atoms with Crippen LogP contribution in [-0.4, -0.2) is 47.4 Å². The van der Waals surface area contributed by atoms with Crippen molar-refractivity contribution in [3.8, 4) is 23.0 Å². The number of ether oxygens (including phenoxy) is 4. The van der Waals surface area contributed by atoms with Crippen LogP contribution in [0.1, 0.15) is 26.0 Å². The molecule has 2 aromatic carbocycles. The second kappa shape index (κ2) is 11.5. The number of rotatable bonds is 7. The molecule has 0 aliphatic rings. The fourth-order valence-corrected chi connectivity index (χ4v) is 4.42. The van der Waals surface area contributed by atoms with Crippen LogP contribution in [0.2, 0.25) is 0 Å². The van der Waals surface area contributed by atoms with Crippen LogP contribution >= 0.6 is 0 Å². The molecule has 0 bridgehead atoms. The van der Waals surface area contributed by atoms with E-state index in [-0.39, 0.29) is 6.42 Å². The molecular weight excluding hydrogens is 502 g/mol. The molecular formula is C26H29NO9S. The Labute approximate surface area is 215 Å². The standard InChI is InChI=1S/C23H24NO4.C3H6O5S/c1-6-18-17-13-23(28-5)21(26-3)11-15(17)9-19-16-12-22(27-4)20(25-2)10-14(16)7-8-24(18)19;1-2-3(4)8-9(5,6)7/h7-13H,6H2,1-5H3;2H2,1H3,(H,5,6,7)/q+1;/p-1. The number of aryl methyl sites for hydroxylation is 1. The topological polar surface area (TPSA) is 125 Å². The number of nitrogens with zero attached hydrogens (tertiary/aromatic N) is 1. The molecule has 0 saturated heterocycles. The number of pyridine rings is 2. The molecule has 11 heteroatoms. The zero-order valence-electron chi connectivity index (χ0n) is 21.5. The molecule has 198 valence electrons. The van der Waals surface area contributed by atoms with Gasteiger partial charge >= 0.3 is 5.97 Å². The highest BCUT2D eigenvalue weighted by Gasteiger charge is 2.20. The van der Waals surface area contributed by atoms with Gasteiger partial charge in [0.25, 0.3) is 10.4 Å². The highest BCUT2D eigenvalue weighted by atomic mass is 32.3. The van der Waals surface area contributed by atoms with Crippen LogP contribution in [-0.2, 0) is 25.8 Å². The summed E-state index contributed by atoms with van der Waals surface area (Å²) in [5.74, 6) is 1.86. The van der Waals surface area contributed by atoms with Gasteiger partial charge in [0.2, 0.25) is 5.52 Å². The Kier molecular flexibility index (Phi) is 8.61. The maximum absolute atomic E-state index is 10.0. The minimum Gasteiger partial charge on any atom is -0.716 e. The molecule has 0 amide bonds. The van der Waals surface area contributed by atoms with Crippen molar-refractivity contribution in [1.29, 1.82) is 0 Å². The van der Waals surface area contributed by atoms with Gasteiger partial charge in [-0.1, -0.05) is 13.8 Å². The molecule has 2 heterocycles. The highest BCUT2D eigenvalue weighted by Crippen LogP contribution is 2.36. The predicted octanol–water partition coefficient (Wildman–Crippen LogP) is 3.73. The van der Waals surface area contributed by atoms with Crippen LogP contribution in [0.25, 0.3) is 27.1 Å². The Morgan fingerprint density at radius 2 is 1.32 bits per heavy atom. The van der Waals surface area contributed by atoms with E-state index in [0.717, 1.165) is 50.7 Å². The minimum absolute atomic E-state index is 0.124. The van der Waals surface area contributed by atoms with E-state index in [1.807, 2.05) is 18.2 Å². The molecule has 10 nitrogen and oxygen atoms in total. The highest BCUT2D eigenvalue weighted by molar-refractivity contribution is 7.81. The zero-order chi connectivity index (χ0) is 27.3. The van der Waals surface area contributed by atoms with E-state index >= 15 is 0 Å². The van der Waals surface area contributed by atoms with Crippen LogP contribution in [0.5, 0.6) is 23.0 Å². The van der Waals surface area contributed by atoms with Gasteiger partial charge in [0.1, 0.15) is 0 Å². The summed E-state index contributed by atoms with van der Waals surface area (Å²) in [7, 11) is 1.80. The molecule has 0 aliphatic heterocycles. The van der Waals surface area contributed by atoms with E-state index in [1.165, 1.54) is 12.6 Å². The van der Waals surface area contributed by atoms with Gasteiger partial charge in [0.05, 0.1) is 39.2 Å². The Balaban J connectivity index is 0.000000364. The van der Waals surface area contributed by atoms with Crippen molar-refractivity contribution in [2.45, 2.75) is 26.7 Å². The van der Waals surface area contributed by atoms with Gasteiger partial charge in [-0.3, -0.25) is 4.79 Å². The fraction of sp³-hybridized carbons (Fsp3) is 0.308. The lowest BCUT2D eigenvalue weighted by Gasteiger charge is -2.12. The molecule has 0 spiro atoms. The summed E-state index contributed by atoms with van der Waals surface area (Å²) in [6, 6.07) is 12.4. The molecule has 0 fully saturated rings. The van der Waals surface area contributed by atoms with Gasteiger partial charge in [0, 0.05) is 25.0 Å². The largest absolute Gasteiger partial charge is 0.716 e. The van der Waals surface area contributed by atoms with Crippen LogP contribution in [0.4, 0.5) is 0 Å². The molecule has 37 heavy (non-hydrogen) atoms. The minimum atomic E-state index is -4.83. The number of hydrogen-bond acceptors (Lipinski definition) is 9. The first-order chi connectivity index (χ1) is 17.6. The van der Waals surface area contributed by atoms with Gasteiger partial charge in [-0.15, -0.1) is 0 Å². The summed E-state index contributed by atoms with van der Waals surface area (Å²) in [4.78, 5) is 10.0. The SMILES string of the molecule is CCC(=O)OS(=O)(=O)[O-].CCc1c2cc(OC)c(OC)cc2cc2c3cc(OC)c(OC)cc3cc[n+]12. The average molecular weight is 532 g/mol. The van der Waals surface area contributed by atoms with E-state index in [2.05, 4.69) is 39.9 Å². The third-order valence-electron chi connectivity index (χ3n) is 5.76. The van der Waals surface area contributed by atoms with E-state index < -0.39 is 16.4 Å². The summed E-state index contributed by atoms with van der Waals surface area (Å²) < 4.78 is 56.4. The van der Waals surface area contributed by atoms with Crippen LogP contribution < -0.4 is 23.3 Å².